The number of benzene rings is 1. The second-order valence-electron chi connectivity index (χ2n) is 5.44. The highest BCUT2D eigenvalue weighted by molar-refractivity contribution is 9.10. The Hall–Kier alpha value is -1.04. The smallest absolute Gasteiger partial charge is 0.351 e. The minimum atomic E-state index is -4.46. The summed E-state index contributed by atoms with van der Waals surface area (Å²) in [5.41, 5.74) is -0.986. The Bertz CT molecular complexity index is 478. The van der Waals surface area contributed by atoms with Crippen LogP contribution in [0.3, 0.4) is 0 Å². The van der Waals surface area contributed by atoms with E-state index in [1.807, 2.05) is 20.8 Å². The van der Waals surface area contributed by atoms with Crippen LogP contribution in [-0.2, 0) is 6.18 Å². The normalized spacial score (nSPS) is 12.4. The van der Waals surface area contributed by atoms with Gasteiger partial charge in [0, 0.05) is 11.0 Å². The van der Waals surface area contributed by atoms with E-state index in [9.17, 15) is 18.0 Å². The summed E-state index contributed by atoms with van der Waals surface area (Å²) in [6.45, 7) is 6.16. The molecule has 1 amide bonds. The van der Waals surface area contributed by atoms with E-state index in [0.29, 0.717) is 11.0 Å². The van der Waals surface area contributed by atoms with Crippen molar-refractivity contribution >= 4 is 21.8 Å². The number of hydrogen-bond donors (Lipinski definition) is 1. The molecule has 1 N–H and O–H groups in total. The van der Waals surface area contributed by atoms with Gasteiger partial charge in [0.2, 0.25) is 0 Å². The van der Waals surface area contributed by atoms with Crippen LogP contribution in [0.25, 0.3) is 0 Å². The Morgan fingerprint density at radius 2 is 1.84 bits per heavy atom. The van der Waals surface area contributed by atoms with Crippen molar-refractivity contribution in [2.45, 2.75) is 26.9 Å². The first-order valence-electron chi connectivity index (χ1n) is 5.66. The molecule has 1 aromatic carbocycles. The van der Waals surface area contributed by atoms with E-state index in [0.717, 1.165) is 12.1 Å². The maximum atomic E-state index is 12.6. The molecule has 0 aliphatic rings. The SMILES string of the molecule is CC(C)(C)CNC(=O)c1cc(C(F)(F)F)ccc1Br. The fraction of sp³-hybridized carbons (Fsp3) is 0.462. The summed E-state index contributed by atoms with van der Waals surface area (Å²) in [4.78, 5) is 11.9. The molecular weight excluding hydrogens is 323 g/mol. The van der Waals surface area contributed by atoms with Gasteiger partial charge >= 0.3 is 6.18 Å². The summed E-state index contributed by atoms with van der Waals surface area (Å²) in [7, 11) is 0. The predicted octanol–water partition coefficient (Wildman–Crippen LogP) is 4.24. The Kier molecular flexibility index (Phi) is 4.66. The third-order valence-corrected chi connectivity index (χ3v) is 3.01. The number of hydrogen-bond acceptors (Lipinski definition) is 1. The second-order valence-corrected chi connectivity index (χ2v) is 6.29. The molecule has 0 spiro atoms. The number of alkyl halides is 3. The highest BCUT2D eigenvalue weighted by Gasteiger charge is 2.31. The van der Waals surface area contributed by atoms with Crippen molar-refractivity contribution in [3.8, 4) is 0 Å². The summed E-state index contributed by atoms with van der Waals surface area (Å²) in [5, 5.41) is 2.62. The van der Waals surface area contributed by atoms with Gasteiger partial charge in [-0.1, -0.05) is 20.8 Å². The maximum Gasteiger partial charge on any atom is 0.416 e. The van der Waals surface area contributed by atoms with Gasteiger partial charge in [-0.25, -0.2) is 0 Å². The molecule has 0 atom stereocenters. The molecule has 1 rings (SSSR count). The quantitative estimate of drug-likeness (QED) is 0.858. The van der Waals surface area contributed by atoms with Crippen LogP contribution in [0.4, 0.5) is 13.2 Å². The fourth-order valence-corrected chi connectivity index (χ4v) is 1.74. The van der Waals surface area contributed by atoms with Gasteiger partial charge in [-0.05, 0) is 39.5 Å². The van der Waals surface area contributed by atoms with E-state index < -0.39 is 17.6 Å². The number of nitrogens with one attached hydrogen (secondary N) is 1. The van der Waals surface area contributed by atoms with Crippen molar-refractivity contribution in [3.05, 3.63) is 33.8 Å². The number of carbonyl (C=O) groups excluding carboxylic acids is 1. The van der Waals surface area contributed by atoms with Crippen LogP contribution in [0.1, 0.15) is 36.7 Å². The van der Waals surface area contributed by atoms with E-state index in [-0.39, 0.29) is 11.0 Å². The molecule has 0 saturated carbocycles. The van der Waals surface area contributed by atoms with Crippen LogP contribution in [0, 0.1) is 5.41 Å². The molecule has 0 saturated heterocycles. The topological polar surface area (TPSA) is 29.1 Å². The fourth-order valence-electron chi connectivity index (χ4n) is 1.32. The molecule has 0 fully saturated rings. The van der Waals surface area contributed by atoms with E-state index in [4.69, 9.17) is 0 Å². The molecule has 0 aliphatic carbocycles. The zero-order valence-electron chi connectivity index (χ0n) is 10.9. The first-order chi connectivity index (χ1) is 8.50. The Balaban J connectivity index is 2.97. The zero-order chi connectivity index (χ0) is 14.8. The average Bonchev–Trinajstić information content (AvgIpc) is 2.24. The van der Waals surface area contributed by atoms with Crippen LogP contribution in [0.2, 0.25) is 0 Å². The molecule has 0 aliphatic heterocycles. The van der Waals surface area contributed by atoms with Gasteiger partial charge in [0.05, 0.1) is 11.1 Å². The summed E-state index contributed by atoms with van der Waals surface area (Å²) >= 11 is 3.09. The van der Waals surface area contributed by atoms with Gasteiger partial charge in [0.25, 0.3) is 5.91 Å². The van der Waals surface area contributed by atoms with Crippen LogP contribution in [0.15, 0.2) is 22.7 Å². The zero-order valence-corrected chi connectivity index (χ0v) is 12.4. The third kappa shape index (κ3) is 4.86. The summed E-state index contributed by atoms with van der Waals surface area (Å²) < 4.78 is 38.1. The Morgan fingerprint density at radius 3 is 2.32 bits per heavy atom. The molecule has 0 aromatic heterocycles. The van der Waals surface area contributed by atoms with Crippen LogP contribution >= 0.6 is 15.9 Å². The molecular formula is C13H15BrF3NO. The van der Waals surface area contributed by atoms with Gasteiger partial charge in [-0.3, -0.25) is 4.79 Å². The minimum absolute atomic E-state index is 0.0147. The van der Waals surface area contributed by atoms with E-state index in [1.165, 1.54) is 6.07 Å². The molecule has 0 unspecified atom stereocenters. The van der Waals surface area contributed by atoms with Crippen molar-refractivity contribution in [2.24, 2.45) is 5.41 Å². The Labute approximate surface area is 118 Å². The minimum Gasteiger partial charge on any atom is -0.351 e. The van der Waals surface area contributed by atoms with Gasteiger partial charge in [-0.15, -0.1) is 0 Å². The lowest BCUT2D eigenvalue weighted by atomic mass is 9.97. The lowest BCUT2D eigenvalue weighted by Crippen LogP contribution is -2.32. The standard InChI is InChI=1S/C13H15BrF3NO/c1-12(2,3)7-18-11(19)9-6-8(13(15,16)17)4-5-10(9)14/h4-6H,7H2,1-3H3,(H,18,19). The van der Waals surface area contributed by atoms with Gasteiger partial charge in [-0.2, -0.15) is 13.2 Å². The highest BCUT2D eigenvalue weighted by atomic mass is 79.9. The molecule has 19 heavy (non-hydrogen) atoms. The first kappa shape index (κ1) is 16.0. The molecule has 1 aromatic rings. The van der Waals surface area contributed by atoms with Gasteiger partial charge < -0.3 is 5.32 Å². The van der Waals surface area contributed by atoms with Crippen LogP contribution in [-0.4, -0.2) is 12.5 Å². The molecule has 0 radical (unpaired) electrons. The second kappa shape index (κ2) is 5.53. The molecule has 0 bridgehead atoms. The van der Waals surface area contributed by atoms with Crippen LogP contribution in [0.5, 0.6) is 0 Å². The largest absolute Gasteiger partial charge is 0.416 e. The number of halogens is 4. The lowest BCUT2D eigenvalue weighted by Gasteiger charge is -2.19. The molecule has 0 heterocycles. The first-order valence-corrected chi connectivity index (χ1v) is 6.45. The summed E-state index contributed by atoms with van der Waals surface area (Å²) in [5.74, 6) is -0.520. The van der Waals surface area contributed by atoms with Crippen molar-refractivity contribution in [2.75, 3.05) is 6.54 Å². The lowest BCUT2D eigenvalue weighted by molar-refractivity contribution is -0.137. The molecule has 6 heteroatoms. The Morgan fingerprint density at radius 1 is 1.26 bits per heavy atom. The van der Waals surface area contributed by atoms with Crippen molar-refractivity contribution in [1.29, 1.82) is 0 Å². The predicted molar refractivity (Wildman–Crippen MR) is 70.9 cm³/mol. The molecule has 2 nitrogen and oxygen atoms in total. The van der Waals surface area contributed by atoms with E-state index >= 15 is 0 Å². The van der Waals surface area contributed by atoms with E-state index in [1.54, 1.807) is 0 Å². The van der Waals surface area contributed by atoms with Crippen molar-refractivity contribution < 1.29 is 18.0 Å². The van der Waals surface area contributed by atoms with Gasteiger partial charge in [0.1, 0.15) is 0 Å². The average molecular weight is 338 g/mol. The van der Waals surface area contributed by atoms with Crippen molar-refractivity contribution in [3.63, 3.8) is 0 Å². The maximum absolute atomic E-state index is 12.6. The third-order valence-electron chi connectivity index (χ3n) is 2.32. The summed E-state index contributed by atoms with van der Waals surface area (Å²) in [6, 6.07) is 3.02. The van der Waals surface area contributed by atoms with Gasteiger partial charge in [0.15, 0.2) is 0 Å². The number of rotatable bonds is 2. The summed E-state index contributed by atoms with van der Waals surface area (Å²) in [6.07, 6.45) is -4.46. The van der Waals surface area contributed by atoms with Crippen molar-refractivity contribution in [1.82, 2.24) is 5.32 Å². The van der Waals surface area contributed by atoms with Crippen LogP contribution < -0.4 is 5.32 Å². The monoisotopic (exact) mass is 337 g/mol. The molecule has 106 valence electrons. The number of carbonyl (C=O) groups is 1. The highest BCUT2D eigenvalue weighted by Crippen LogP contribution is 2.31. The number of amides is 1. The van der Waals surface area contributed by atoms with E-state index in [2.05, 4.69) is 21.2 Å².